The molecule has 1 heterocycles. The van der Waals surface area contributed by atoms with Gasteiger partial charge in [-0.1, -0.05) is 47.0 Å². The first-order valence-corrected chi connectivity index (χ1v) is 11.1. The van der Waals surface area contributed by atoms with Crippen LogP contribution in [0.5, 0.6) is 0 Å². The first-order chi connectivity index (χ1) is 10.2. The Kier molecular flexibility index (Phi) is 7.78. The average molecular weight is 330 g/mol. The predicted molar refractivity (Wildman–Crippen MR) is 101 cm³/mol. The lowest BCUT2D eigenvalue weighted by Crippen LogP contribution is -2.49. The molecule has 1 saturated heterocycles. The van der Waals surface area contributed by atoms with Gasteiger partial charge < -0.3 is 5.32 Å². The summed E-state index contributed by atoms with van der Waals surface area (Å²) in [5, 5.41) is 6.41. The molecule has 0 bridgehead atoms. The third-order valence-electron chi connectivity index (χ3n) is 5.58. The highest BCUT2D eigenvalue weighted by atomic mass is 32.2. The smallest absolute Gasteiger partial charge is 0.0297 e. The van der Waals surface area contributed by atoms with Crippen LogP contribution in [0.4, 0.5) is 0 Å². The van der Waals surface area contributed by atoms with E-state index in [1.165, 1.54) is 50.8 Å². The molecular formula is C18H35NS2. The molecule has 4 unspecified atom stereocenters. The van der Waals surface area contributed by atoms with E-state index in [2.05, 4.69) is 56.5 Å². The molecule has 4 atom stereocenters. The number of hydrogen-bond acceptors (Lipinski definition) is 3. The van der Waals surface area contributed by atoms with Crippen molar-refractivity contribution < 1.29 is 0 Å². The van der Waals surface area contributed by atoms with Gasteiger partial charge in [-0.3, -0.25) is 0 Å². The van der Waals surface area contributed by atoms with Crippen LogP contribution >= 0.6 is 23.5 Å². The summed E-state index contributed by atoms with van der Waals surface area (Å²) in [6.45, 7) is 10.7. The molecule has 124 valence electrons. The zero-order valence-electron chi connectivity index (χ0n) is 14.4. The number of hydrogen-bond donors (Lipinski definition) is 1. The summed E-state index contributed by atoms with van der Waals surface area (Å²) in [5.41, 5.74) is 0. The van der Waals surface area contributed by atoms with Crippen molar-refractivity contribution >= 4 is 23.5 Å². The van der Waals surface area contributed by atoms with Gasteiger partial charge in [0.05, 0.1) is 0 Å². The van der Waals surface area contributed by atoms with Gasteiger partial charge >= 0.3 is 0 Å². The van der Waals surface area contributed by atoms with Crippen LogP contribution in [0.2, 0.25) is 0 Å². The normalized spacial score (nSPS) is 39.1. The van der Waals surface area contributed by atoms with Crippen molar-refractivity contribution in [3.63, 3.8) is 0 Å². The van der Waals surface area contributed by atoms with Crippen LogP contribution in [0, 0.1) is 11.8 Å². The van der Waals surface area contributed by atoms with Gasteiger partial charge in [0.2, 0.25) is 0 Å². The Hall–Kier alpha value is 0.660. The molecule has 21 heavy (non-hydrogen) atoms. The molecule has 2 aliphatic rings. The second-order valence-electron chi connectivity index (χ2n) is 7.09. The summed E-state index contributed by atoms with van der Waals surface area (Å²) in [7, 11) is 0. The van der Waals surface area contributed by atoms with E-state index < -0.39 is 0 Å². The summed E-state index contributed by atoms with van der Waals surface area (Å²) in [5.74, 6) is 3.30. The van der Waals surface area contributed by atoms with Crippen LogP contribution in [-0.4, -0.2) is 34.1 Å². The first-order valence-electron chi connectivity index (χ1n) is 9.16. The lowest BCUT2D eigenvalue weighted by molar-refractivity contribution is 0.217. The van der Waals surface area contributed by atoms with Gasteiger partial charge in [-0.25, -0.2) is 0 Å². The number of nitrogens with one attached hydrogen (secondary N) is 1. The van der Waals surface area contributed by atoms with Gasteiger partial charge in [-0.2, -0.15) is 23.5 Å². The predicted octanol–water partition coefficient (Wildman–Crippen LogP) is 5.20. The lowest BCUT2D eigenvalue weighted by atomic mass is 9.77. The summed E-state index contributed by atoms with van der Waals surface area (Å²) in [6.07, 6.45) is 8.53. The van der Waals surface area contributed by atoms with Gasteiger partial charge in [-0.05, 0) is 37.6 Å². The maximum Gasteiger partial charge on any atom is 0.0297 e. The second kappa shape index (κ2) is 9.08. The Morgan fingerprint density at radius 1 is 1.05 bits per heavy atom. The van der Waals surface area contributed by atoms with Crippen molar-refractivity contribution in [3.8, 4) is 0 Å². The summed E-state index contributed by atoms with van der Waals surface area (Å²) in [4.78, 5) is 0. The fraction of sp³-hybridized carbons (Fsp3) is 1.00. The molecule has 0 radical (unpaired) electrons. The molecule has 0 spiro atoms. The van der Waals surface area contributed by atoms with E-state index in [1.807, 2.05) is 0 Å². The Balaban J connectivity index is 1.94. The second-order valence-corrected chi connectivity index (χ2v) is 10.1. The minimum Gasteiger partial charge on any atom is -0.313 e. The molecule has 0 aromatic heterocycles. The first kappa shape index (κ1) is 18.0. The Labute approximate surface area is 141 Å². The number of thioether (sulfide) groups is 2. The maximum absolute atomic E-state index is 3.94. The molecule has 0 amide bonds. The summed E-state index contributed by atoms with van der Waals surface area (Å²) < 4.78 is 0. The van der Waals surface area contributed by atoms with Crippen molar-refractivity contribution in [3.05, 3.63) is 0 Å². The topological polar surface area (TPSA) is 12.0 Å². The van der Waals surface area contributed by atoms with Crippen molar-refractivity contribution in [1.29, 1.82) is 0 Å². The minimum absolute atomic E-state index is 0.759. The van der Waals surface area contributed by atoms with Crippen LogP contribution < -0.4 is 5.32 Å². The minimum atomic E-state index is 0.759. The third kappa shape index (κ3) is 5.07. The highest BCUT2D eigenvalue weighted by Gasteiger charge is 2.36. The van der Waals surface area contributed by atoms with Crippen LogP contribution in [-0.2, 0) is 0 Å². The van der Waals surface area contributed by atoms with Crippen molar-refractivity contribution in [2.24, 2.45) is 11.8 Å². The van der Waals surface area contributed by atoms with Gasteiger partial charge in [0.15, 0.2) is 0 Å². The summed E-state index contributed by atoms with van der Waals surface area (Å²) >= 11 is 4.47. The van der Waals surface area contributed by atoms with Gasteiger partial charge in [0.1, 0.15) is 0 Å². The fourth-order valence-electron chi connectivity index (χ4n) is 3.86. The van der Waals surface area contributed by atoms with Gasteiger partial charge in [0, 0.05) is 27.5 Å². The maximum atomic E-state index is 3.94. The lowest BCUT2D eigenvalue weighted by Gasteiger charge is -2.42. The summed E-state index contributed by atoms with van der Waals surface area (Å²) in [6, 6.07) is 0.759. The van der Waals surface area contributed by atoms with E-state index in [4.69, 9.17) is 0 Å². The van der Waals surface area contributed by atoms with Crippen molar-refractivity contribution in [1.82, 2.24) is 5.32 Å². The molecular weight excluding hydrogens is 294 g/mol. The molecule has 2 fully saturated rings. The van der Waals surface area contributed by atoms with Crippen LogP contribution in [0.1, 0.15) is 66.2 Å². The zero-order valence-corrected chi connectivity index (χ0v) is 16.1. The van der Waals surface area contributed by atoms with E-state index in [1.54, 1.807) is 0 Å². The fourth-order valence-corrected chi connectivity index (χ4v) is 7.07. The zero-order chi connectivity index (χ0) is 15.2. The molecule has 0 aromatic rings. The SMILES string of the molecule is CCCNC(C1CCC(CC)CC1)C1CSC(C)C(C)S1. The van der Waals surface area contributed by atoms with Gasteiger partial charge in [-0.15, -0.1) is 0 Å². The van der Waals surface area contributed by atoms with Gasteiger partial charge in [0.25, 0.3) is 0 Å². The molecule has 1 aliphatic carbocycles. The molecule has 0 aromatic carbocycles. The highest BCUT2D eigenvalue weighted by molar-refractivity contribution is 8.07. The Morgan fingerprint density at radius 3 is 2.33 bits per heavy atom. The molecule has 1 saturated carbocycles. The standard InChI is InChI=1S/C18H35NS2/c1-5-11-19-18(16-9-7-15(6-2)8-10-16)17-12-20-13(3)14(4)21-17/h13-19H,5-12H2,1-4H3. The molecule has 1 nitrogen and oxygen atoms in total. The van der Waals surface area contributed by atoms with Crippen LogP contribution in [0.3, 0.4) is 0 Å². The quantitative estimate of drug-likeness (QED) is 0.719. The van der Waals surface area contributed by atoms with E-state index >= 15 is 0 Å². The van der Waals surface area contributed by atoms with Crippen molar-refractivity contribution in [2.75, 3.05) is 12.3 Å². The average Bonchev–Trinajstić information content (AvgIpc) is 2.51. The van der Waals surface area contributed by atoms with Crippen LogP contribution in [0.25, 0.3) is 0 Å². The molecule has 2 rings (SSSR count). The Bertz CT molecular complexity index is 289. The highest BCUT2D eigenvalue weighted by Crippen LogP contribution is 2.41. The van der Waals surface area contributed by atoms with E-state index in [-0.39, 0.29) is 0 Å². The van der Waals surface area contributed by atoms with E-state index in [0.29, 0.717) is 0 Å². The van der Waals surface area contributed by atoms with Crippen molar-refractivity contribution in [2.45, 2.75) is 88.0 Å². The molecule has 1 aliphatic heterocycles. The molecule has 3 heteroatoms. The number of rotatable bonds is 6. The molecule has 1 N–H and O–H groups in total. The van der Waals surface area contributed by atoms with Crippen LogP contribution in [0.15, 0.2) is 0 Å². The Morgan fingerprint density at radius 2 is 1.76 bits per heavy atom. The van der Waals surface area contributed by atoms with E-state index in [0.717, 1.165) is 33.6 Å². The van der Waals surface area contributed by atoms with E-state index in [9.17, 15) is 0 Å². The third-order valence-corrected chi connectivity index (χ3v) is 9.10. The largest absolute Gasteiger partial charge is 0.313 e. The monoisotopic (exact) mass is 329 g/mol.